The first-order valence-corrected chi connectivity index (χ1v) is 8.44. The van der Waals surface area contributed by atoms with E-state index in [9.17, 15) is 9.59 Å². The van der Waals surface area contributed by atoms with E-state index in [-0.39, 0.29) is 18.2 Å². The summed E-state index contributed by atoms with van der Waals surface area (Å²) in [5, 5.41) is 5.57. The van der Waals surface area contributed by atoms with Crippen LogP contribution < -0.4 is 15.4 Å². The molecule has 2 heterocycles. The normalized spacial score (nSPS) is 10.6. The number of ether oxygens (including phenoxy) is 1. The summed E-state index contributed by atoms with van der Waals surface area (Å²) in [7, 11) is 1.56. The van der Waals surface area contributed by atoms with Crippen LogP contribution in [0.4, 0.5) is 5.13 Å². The molecule has 0 aliphatic carbocycles. The number of carbonyl (C=O) groups is 2. The average molecular weight is 410 g/mol. The monoisotopic (exact) mass is 409 g/mol. The van der Waals surface area contributed by atoms with Crippen LogP contribution in [0.2, 0.25) is 0 Å². The SMILES string of the molecule is COc1cccc2sc(NC(=O)CNC(=O)c3ccc(Br)o3)nc12. The van der Waals surface area contributed by atoms with Gasteiger partial charge in [0.1, 0.15) is 11.3 Å². The Hall–Kier alpha value is -2.39. The molecule has 0 saturated carbocycles. The fourth-order valence-corrected chi connectivity index (χ4v) is 3.20. The number of carbonyl (C=O) groups excluding carboxylic acids is 2. The van der Waals surface area contributed by atoms with Crippen LogP contribution in [0.15, 0.2) is 39.4 Å². The number of benzene rings is 1. The fourth-order valence-electron chi connectivity index (χ4n) is 1.99. The zero-order valence-corrected chi connectivity index (χ0v) is 14.9. The molecule has 0 aliphatic rings. The van der Waals surface area contributed by atoms with Crippen LogP contribution in [0.25, 0.3) is 10.2 Å². The van der Waals surface area contributed by atoms with E-state index in [0.29, 0.717) is 21.1 Å². The number of fused-ring (bicyclic) bond motifs is 1. The van der Waals surface area contributed by atoms with Gasteiger partial charge in [0.05, 0.1) is 18.4 Å². The smallest absolute Gasteiger partial charge is 0.287 e. The van der Waals surface area contributed by atoms with Crippen molar-refractivity contribution >= 4 is 54.4 Å². The minimum atomic E-state index is -0.471. The number of amides is 2. The number of halogens is 1. The largest absolute Gasteiger partial charge is 0.494 e. The van der Waals surface area contributed by atoms with Gasteiger partial charge in [0.15, 0.2) is 15.6 Å². The molecule has 0 fully saturated rings. The van der Waals surface area contributed by atoms with E-state index in [2.05, 4.69) is 31.5 Å². The molecule has 124 valence electrons. The van der Waals surface area contributed by atoms with Gasteiger partial charge in [0, 0.05) is 0 Å². The Balaban J connectivity index is 1.62. The van der Waals surface area contributed by atoms with Crippen LogP contribution in [-0.2, 0) is 4.79 Å². The molecule has 3 aromatic rings. The Morgan fingerprint density at radius 3 is 2.88 bits per heavy atom. The molecule has 2 aromatic heterocycles. The summed E-state index contributed by atoms with van der Waals surface area (Å²) in [5.74, 6) is -0.0887. The van der Waals surface area contributed by atoms with Crippen LogP contribution in [0.1, 0.15) is 10.6 Å². The Bertz CT molecular complexity index is 905. The highest BCUT2D eigenvalue weighted by Crippen LogP contribution is 2.31. The second-order valence-electron chi connectivity index (χ2n) is 4.66. The number of anilines is 1. The van der Waals surface area contributed by atoms with Gasteiger partial charge in [0.25, 0.3) is 5.91 Å². The van der Waals surface area contributed by atoms with Crippen LogP contribution in [-0.4, -0.2) is 30.5 Å². The van der Waals surface area contributed by atoms with Crippen molar-refractivity contribution in [1.82, 2.24) is 10.3 Å². The van der Waals surface area contributed by atoms with Gasteiger partial charge in [-0.3, -0.25) is 9.59 Å². The standard InChI is InChI=1S/C15H12BrN3O4S/c1-22-8-3-2-4-10-13(8)19-15(24-10)18-12(20)7-17-14(21)9-5-6-11(16)23-9/h2-6H,7H2,1H3,(H,17,21)(H,18,19,20). The van der Waals surface area contributed by atoms with Crippen LogP contribution in [0.3, 0.4) is 0 Å². The van der Waals surface area contributed by atoms with Crippen molar-refractivity contribution in [2.45, 2.75) is 0 Å². The topological polar surface area (TPSA) is 93.5 Å². The zero-order valence-electron chi connectivity index (χ0n) is 12.5. The second-order valence-corrected chi connectivity index (χ2v) is 6.47. The molecule has 2 N–H and O–H groups in total. The third-order valence-corrected chi connectivity index (χ3v) is 4.42. The van der Waals surface area contributed by atoms with Crippen LogP contribution in [0, 0.1) is 0 Å². The first kappa shape index (κ1) is 16.5. The maximum absolute atomic E-state index is 12.0. The third-order valence-electron chi connectivity index (χ3n) is 3.05. The predicted octanol–water partition coefficient (Wildman–Crippen LogP) is 3.03. The summed E-state index contributed by atoms with van der Waals surface area (Å²) < 4.78 is 11.7. The van der Waals surface area contributed by atoms with Crippen molar-refractivity contribution in [2.75, 3.05) is 19.0 Å². The first-order valence-electron chi connectivity index (χ1n) is 6.84. The molecule has 2 amide bonds. The third kappa shape index (κ3) is 3.57. The van der Waals surface area contributed by atoms with Crippen molar-refractivity contribution < 1.29 is 18.7 Å². The van der Waals surface area contributed by atoms with E-state index < -0.39 is 5.91 Å². The van der Waals surface area contributed by atoms with Crippen molar-refractivity contribution in [1.29, 1.82) is 0 Å². The van der Waals surface area contributed by atoms with Gasteiger partial charge in [-0.1, -0.05) is 17.4 Å². The highest BCUT2D eigenvalue weighted by Gasteiger charge is 2.14. The number of para-hydroxylation sites is 1. The molecule has 7 nitrogen and oxygen atoms in total. The van der Waals surface area contributed by atoms with E-state index in [1.54, 1.807) is 19.2 Å². The van der Waals surface area contributed by atoms with E-state index in [1.807, 2.05) is 12.1 Å². The molecule has 24 heavy (non-hydrogen) atoms. The summed E-state index contributed by atoms with van der Waals surface area (Å²) in [6.07, 6.45) is 0. The highest BCUT2D eigenvalue weighted by molar-refractivity contribution is 9.10. The Morgan fingerprint density at radius 2 is 2.17 bits per heavy atom. The minimum absolute atomic E-state index is 0.124. The van der Waals surface area contributed by atoms with E-state index in [4.69, 9.17) is 9.15 Å². The Kier molecular flexibility index (Phi) is 4.81. The molecule has 0 spiro atoms. The molecule has 3 rings (SSSR count). The summed E-state index contributed by atoms with van der Waals surface area (Å²) in [6.45, 7) is -0.190. The molecule has 0 aliphatic heterocycles. The summed E-state index contributed by atoms with van der Waals surface area (Å²) in [6, 6.07) is 8.66. The molecule has 0 saturated heterocycles. The van der Waals surface area contributed by atoms with Gasteiger partial charge >= 0.3 is 0 Å². The maximum Gasteiger partial charge on any atom is 0.287 e. The van der Waals surface area contributed by atoms with Gasteiger partial charge in [-0.25, -0.2) is 4.98 Å². The Labute approximate surface area is 149 Å². The zero-order chi connectivity index (χ0) is 17.1. The number of furan rings is 1. The molecule has 1 aromatic carbocycles. The summed E-state index contributed by atoms with van der Waals surface area (Å²) in [4.78, 5) is 28.1. The first-order chi connectivity index (χ1) is 11.6. The molecule has 0 atom stereocenters. The minimum Gasteiger partial charge on any atom is -0.494 e. The average Bonchev–Trinajstić information content (AvgIpc) is 3.17. The Morgan fingerprint density at radius 1 is 1.33 bits per heavy atom. The lowest BCUT2D eigenvalue weighted by Crippen LogP contribution is -2.32. The van der Waals surface area contributed by atoms with Gasteiger partial charge in [0.2, 0.25) is 5.91 Å². The van der Waals surface area contributed by atoms with E-state index in [0.717, 1.165) is 4.70 Å². The number of aromatic nitrogens is 1. The van der Waals surface area contributed by atoms with Crippen molar-refractivity contribution in [3.63, 3.8) is 0 Å². The number of nitrogens with zero attached hydrogens (tertiary/aromatic N) is 1. The van der Waals surface area contributed by atoms with Crippen LogP contribution in [0.5, 0.6) is 5.75 Å². The number of rotatable bonds is 5. The quantitative estimate of drug-likeness (QED) is 0.675. The number of methoxy groups -OCH3 is 1. The van der Waals surface area contributed by atoms with Gasteiger partial charge in [-0.05, 0) is 40.2 Å². The number of nitrogens with one attached hydrogen (secondary N) is 2. The highest BCUT2D eigenvalue weighted by atomic mass is 79.9. The molecular weight excluding hydrogens is 398 g/mol. The van der Waals surface area contributed by atoms with Crippen LogP contribution >= 0.6 is 27.3 Å². The van der Waals surface area contributed by atoms with E-state index >= 15 is 0 Å². The van der Waals surface area contributed by atoms with Gasteiger partial charge in [-0.15, -0.1) is 0 Å². The second kappa shape index (κ2) is 7.02. The maximum atomic E-state index is 12.0. The molecular formula is C15H12BrN3O4S. The molecule has 0 unspecified atom stereocenters. The summed E-state index contributed by atoms with van der Waals surface area (Å²) in [5.41, 5.74) is 0.685. The lowest BCUT2D eigenvalue weighted by Gasteiger charge is -2.03. The molecule has 9 heteroatoms. The number of thiazole rings is 1. The van der Waals surface area contributed by atoms with Gasteiger partial charge in [-0.2, -0.15) is 0 Å². The lowest BCUT2D eigenvalue weighted by molar-refractivity contribution is -0.115. The molecule has 0 bridgehead atoms. The van der Waals surface area contributed by atoms with Crippen molar-refractivity contribution in [2.24, 2.45) is 0 Å². The van der Waals surface area contributed by atoms with Crippen molar-refractivity contribution in [3.05, 3.63) is 40.8 Å². The fraction of sp³-hybridized carbons (Fsp3) is 0.133. The number of hydrogen-bond donors (Lipinski definition) is 2. The summed E-state index contributed by atoms with van der Waals surface area (Å²) >= 11 is 4.44. The number of hydrogen-bond acceptors (Lipinski definition) is 6. The lowest BCUT2D eigenvalue weighted by atomic mass is 10.3. The van der Waals surface area contributed by atoms with Gasteiger partial charge < -0.3 is 19.8 Å². The van der Waals surface area contributed by atoms with E-state index in [1.165, 1.54) is 17.4 Å². The molecule has 0 radical (unpaired) electrons. The predicted molar refractivity (Wildman–Crippen MR) is 93.5 cm³/mol. The van der Waals surface area contributed by atoms with Crippen molar-refractivity contribution in [3.8, 4) is 5.75 Å².